The molecule has 2 rings (SSSR count). The fraction of sp³-hybridized carbons (Fsp3) is 0.250. The van der Waals surface area contributed by atoms with Gasteiger partial charge in [0.2, 0.25) is 0 Å². The fourth-order valence-electron chi connectivity index (χ4n) is 2.02. The topological polar surface area (TPSA) is 12.0 Å². The summed E-state index contributed by atoms with van der Waals surface area (Å²) in [5, 5.41) is 4.11. The Labute approximate surface area is 118 Å². The third-order valence-corrected chi connectivity index (χ3v) is 3.39. The van der Waals surface area contributed by atoms with Gasteiger partial charge in [-0.1, -0.05) is 41.9 Å². The Hall–Kier alpha value is -1.38. The number of hydrogen-bond acceptors (Lipinski definition) is 1. The summed E-state index contributed by atoms with van der Waals surface area (Å²) in [4.78, 5) is 0. The van der Waals surface area contributed by atoms with E-state index in [0.717, 1.165) is 22.7 Å². The lowest BCUT2D eigenvalue weighted by Crippen LogP contribution is -2.21. The third kappa shape index (κ3) is 4.05. The van der Waals surface area contributed by atoms with Crippen LogP contribution >= 0.6 is 11.6 Å². The Morgan fingerprint density at radius 2 is 1.95 bits per heavy atom. The number of rotatable bonds is 5. The summed E-state index contributed by atoms with van der Waals surface area (Å²) in [6.45, 7) is 2.81. The second kappa shape index (κ2) is 6.69. The highest BCUT2D eigenvalue weighted by Crippen LogP contribution is 2.17. The van der Waals surface area contributed by atoms with Gasteiger partial charge in [0, 0.05) is 11.1 Å². The van der Waals surface area contributed by atoms with Gasteiger partial charge in [0.15, 0.2) is 0 Å². The summed E-state index contributed by atoms with van der Waals surface area (Å²) in [5.41, 5.74) is 1.88. The lowest BCUT2D eigenvalue weighted by atomic mass is 10.1. The average molecular weight is 278 g/mol. The van der Waals surface area contributed by atoms with Crippen molar-refractivity contribution in [3.63, 3.8) is 0 Å². The van der Waals surface area contributed by atoms with E-state index in [4.69, 9.17) is 11.6 Å². The number of nitrogens with one attached hydrogen (secondary N) is 1. The van der Waals surface area contributed by atoms with Crippen molar-refractivity contribution >= 4 is 11.6 Å². The van der Waals surface area contributed by atoms with Crippen molar-refractivity contribution in [2.75, 3.05) is 6.54 Å². The Balaban J connectivity index is 1.88. The van der Waals surface area contributed by atoms with Gasteiger partial charge in [-0.3, -0.25) is 0 Å². The van der Waals surface area contributed by atoms with E-state index in [0.29, 0.717) is 6.42 Å². The van der Waals surface area contributed by atoms with Crippen LogP contribution in [0.3, 0.4) is 0 Å². The standard InChI is InChI=1S/C16H17ClFN/c1-12(14-6-4-7-15(17)11-14)19-10-9-13-5-2-3-8-16(13)18/h2-8,11-12,19H,9-10H2,1H3. The van der Waals surface area contributed by atoms with E-state index in [1.807, 2.05) is 36.4 Å². The number of hydrogen-bond donors (Lipinski definition) is 1. The maximum absolute atomic E-state index is 13.4. The fourth-order valence-corrected chi connectivity index (χ4v) is 2.22. The van der Waals surface area contributed by atoms with Crippen molar-refractivity contribution in [3.8, 4) is 0 Å². The largest absolute Gasteiger partial charge is 0.310 e. The molecule has 100 valence electrons. The van der Waals surface area contributed by atoms with Crippen molar-refractivity contribution in [1.82, 2.24) is 5.32 Å². The van der Waals surface area contributed by atoms with E-state index in [2.05, 4.69) is 12.2 Å². The van der Waals surface area contributed by atoms with Crippen molar-refractivity contribution < 1.29 is 4.39 Å². The van der Waals surface area contributed by atoms with Crippen molar-refractivity contribution in [2.45, 2.75) is 19.4 Å². The molecule has 0 radical (unpaired) electrons. The molecule has 0 amide bonds. The SMILES string of the molecule is CC(NCCc1ccccc1F)c1cccc(Cl)c1. The predicted octanol–water partition coefficient (Wildman–Crippen LogP) is 4.37. The molecule has 0 bridgehead atoms. The average Bonchev–Trinajstić information content (AvgIpc) is 2.41. The minimum Gasteiger partial charge on any atom is -0.310 e. The van der Waals surface area contributed by atoms with Crippen LogP contribution in [0.25, 0.3) is 0 Å². The van der Waals surface area contributed by atoms with Crippen LogP contribution in [0.15, 0.2) is 48.5 Å². The third-order valence-electron chi connectivity index (χ3n) is 3.15. The molecule has 0 spiro atoms. The molecule has 1 nitrogen and oxygen atoms in total. The van der Waals surface area contributed by atoms with Crippen LogP contribution in [0.2, 0.25) is 5.02 Å². The van der Waals surface area contributed by atoms with Gasteiger partial charge in [0.25, 0.3) is 0 Å². The molecule has 2 aromatic rings. The molecule has 1 N–H and O–H groups in total. The first-order valence-corrected chi connectivity index (χ1v) is 6.77. The highest BCUT2D eigenvalue weighted by atomic mass is 35.5. The number of benzene rings is 2. The quantitative estimate of drug-likeness (QED) is 0.856. The summed E-state index contributed by atoms with van der Waals surface area (Å²) in [6, 6.07) is 14.9. The molecule has 19 heavy (non-hydrogen) atoms. The maximum Gasteiger partial charge on any atom is 0.126 e. The van der Waals surface area contributed by atoms with E-state index in [1.165, 1.54) is 6.07 Å². The molecular weight excluding hydrogens is 261 g/mol. The first-order chi connectivity index (χ1) is 9.16. The highest BCUT2D eigenvalue weighted by molar-refractivity contribution is 6.30. The van der Waals surface area contributed by atoms with Crippen molar-refractivity contribution in [1.29, 1.82) is 0 Å². The van der Waals surface area contributed by atoms with Gasteiger partial charge < -0.3 is 5.32 Å². The van der Waals surface area contributed by atoms with Gasteiger partial charge >= 0.3 is 0 Å². The van der Waals surface area contributed by atoms with Crippen LogP contribution in [0, 0.1) is 5.82 Å². The van der Waals surface area contributed by atoms with Gasteiger partial charge in [-0.2, -0.15) is 0 Å². The Morgan fingerprint density at radius 3 is 2.68 bits per heavy atom. The summed E-state index contributed by atoms with van der Waals surface area (Å²) in [6.07, 6.45) is 0.678. The Kier molecular flexibility index (Phi) is 4.94. The van der Waals surface area contributed by atoms with Crippen molar-refractivity contribution in [3.05, 3.63) is 70.5 Å². The van der Waals surface area contributed by atoms with Gasteiger partial charge in [0.1, 0.15) is 5.82 Å². The van der Waals surface area contributed by atoms with Crippen LogP contribution in [0.4, 0.5) is 4.39 Å². The van der Waals surface area contributed by atoms with E-state index < -0.39 is 0 Å². The molecule has 0 aromatic heterocycles. The van der Waals surface area contributed by atoms with Gasteiger partial charge in [0.05, 0.1) is 0 Å². The predicted molar refractivity (Wildman–Crippen MR) is 78.0 cm³/mol. The summed E-state index contributed by atoms with van der Waals surface area (Å²) in [5.74, 6) is -0.139. The smallest absolute Gasteiger partial charge is 0.126 e. The van der Waals surface area contributed by atoms with Gasteiger partial charge in [-0.15, -0.1) is 0 Å². The van der Waals surface area contributed by atoms with E-state index in [9.17, 15) is 4.39 Å². The Morgan fingerprint density at radius 1 is 1.16 bits per heavy atom. The normalized spacial score (nSPS) is 12.4. The van der Waals surface area contributed by atoms with Crippen LogP contribution in [0.1, 0.15) is 24.1 Å². The molecule has 2 aromatic carbocycles. The van der Waals surface area contributed by atoms with Crippen LogP contribution in [-0.4, -0.2) is 6.54 Å². The molecule has 0 aliphatic rings. The molecular formula is C16H17ClFN. The summed E-state index contributed by atoms with van der Waals surface area (Å²) >= 11 is 5.96. The first kappa shape index (κ1) is 14.0. The molecule has 1 atom stereocenters. The minimum absolute atomic E-state index is 0.139. The van der Waals surface area contributed by atoms with Gasteiger partial charge in [-0.05, 0) is 49.2 Å². The molecule has 0 fully saturated rings. The van der Waals surface area contributed by atoms with E-state index in [-0.39, 0.29) is 11.9 Å². The van der Waals surface area contributed by atoms with E-state index >= 15 is 0 Å². The lowest BCUT2D eigenvalue weighted by molar-refractivity contribution is 0.559. The molecule has 0 aliphatic carbocycles. The monoisotopic (exact) mass is 277 g/mol. The zero-order valence-electron chi connectivity index (χ0n) is 10.9. The molecule has 0 saturated carbocycles. The minimum atomic E-state index is -0.139. The van der Waals surface area contributed by atoms with E-state index in [1.54, 1.807) is 6.07 Å². The first-order valence-electron chi connectivity index (χ1n) is 6.39. The summed E-state index contributed by atoms with van der Waals surface area (Å²) in [7, 11) is 0. The maximum atomic E-state index is 13.4. The van der Waals surface area contributed by atoms with Crippen LogP contribution in [-0.2, 0) is 6.42 Å². The van der Waals surface area contributed by atoms with Crippen LogP contribution < -0.4 is 5.32 Å². The number of halogens is 2. The molecule has 0 saturated heterocycles. The van der Waals surface area contributed by atoms with Crippen molar-refractivity contribution in [2.24, 2.45) is 0 Å². The summed E-state index contributed by atoms with van der Waals surface area (Å²) < 4.78 is 13.4. The zero-order chi connectivity index (χ0) is 13.7. The zero-order valence-corrected chi connectivity index (χ0v) is 11.6. The highest BCUT2D eigenvalue weighted by Gasteiger charge is 2.06. The molecule has 3 heteroatoms. The lowest BCUT2D eigenvalue weighted by Gasteiger charge is -2.14. The molecule has 0 heterocycles. The molecule has 0 aliphatic heterocycles. The molecule has 1 unspecified atom stereocenters. The second-order valence-electron chi connectivity index (χ2n) is 4.57. The Bertz CT molecular complexity index is 542. The second-order valence-corrected chi connectivity index (χ2v) is 5.01. The van der Waals surface area contributed by atoms with Gasteiger partial charge in [-0.25, -0.2) is 4.39 Å². The van der Waals surface area contributed by atoms with Crippen LogP contribution in [0.5, 0.6) is 0 Å².